The summed E-state index contributed by atoms with van der Waals surface area (Å²) < 4.78 is 5.68. The van der Waals surface area contributed by atoms with E-state index in [4.69, 9.17) is 4.74 Å². The fraction of sp³-hybridized carbons (Fsp3) is 0.318. The second-order valence-electron chi connectivity index (χ2n) is 6.47. The van der Waals surface area contributed by atoms with Crippen LogP contribution >= 0.6 is 0 Å². The van der Waals surface area contributed by atoms with E-state index in [0.717, 1.165) is 19.3 Å². The fourth-order valence-corrected chi connectivity index (χ4v) is 2.54. The van der Waals surface area contributed by atoms with E-state index in [1.807, 2.05) is 18.2 Å². The molecule has 0 saturated heterocycles. The van der Waals surface area contributed by atoms with Gasteiger partial charge in [-0.3, -0.25) is 25.2 Å². The Morgan fingerprint density at radius 3 is 2.28 bits per heavy atom. The predicted molar refractivity (Wildman–Crippen MR) is 111 cm³/mol. The third-order valence-corrected chi connectivity index (χ3v) is 4.09. The van der Waals surface area contributed by atoms with Crippen molar-refractivity contribution >= 4 is 23.4 Å². The Labute approximate surface area is 170 Å². The molecular weight excluding hydrogens is 370 g/mol. The molecule has 7 heteroatoms. The van der Waals surface area contributed by atoms with Gasteiger partial charge in [0.05, 0.1) is 12.2 Å². The molecule has 154 valence electrons. The summed E-state index contributed by atoms with van der Waals surface area (Å²) >= 11 is 0. The Hall–Kier alpha value is -3.35. The molecule has 3 amide bonds. The molecule has 0 aliphatic heterocycles. The maximum absolute atomic E-state index is 12.4. The molecule has 0 atom stereocenters. The third-order valence-electron chi connectivity index (χ3n) is 4.09. The van der Waals surface area contributed by atoms with Gasteiger partial charge in [-0.2, -0.15) is 0 Å². The number of carbonyl (C=O) groups is 3. The van der Waals surface area contributed by atoms with Crippen molar-refractivity contribution in [1.29, 1.82) is 0 Å². The van der Waals surface area contributed by atoms with Gasteiger partial charge in [0.25, 0.3) is 5.91 Å². The van der Waals surface area contributed by atoms with Gasteiger partial charge in [0, 0.05) is 18.5 Å². The minimum Gasteiger partial charge on any atom is -0.493 e. The molecule has 0 radical (unpaired) electrons. The molecule has 0 fully saturated rings. The molecule has 7 nitrogen and oxygen atoms in total. The van der Waals surface area contributed by atoms with Crippen molar-refractivity contribution in [3.63, 3.8) is 0 Å². The zero-order valence-corrected chi connectivity index (χ0v) is 16.6. The van der Waals surface area contributed by atoms with Crippen LogP contribution in [0.1, 0.15) is 49.4 Å². The van der Waals surface area contributed by atoms with Crippen molar-refractivity contribution in [2.45, 2.75) is 39.0 Å². The fourth-order valence-electron chi connectivity index (χ4n) is 2.54. The van der Waals surface area contributed by atoms with Crippen LogP contribution in [0.25, 0.3) is 0 Å². The molecule has 0 spiro atoms. The Bertz CT molecular complexity index is 809. The predicted octanol–water partition coefficient (Wildman–Crippen LogP) is 3.44. The molecule has 29 heavy (non-hydrogen) atoms. The lowest BCUT2D eigenvalue weighted by molar-refractivity contribution is -0.124. The topological polar surface area (TPSA) is 96.5 Å². The first kappa shape index (κ1) is 21.9. The highest BCUT2D eigenvalue weighted by atomic mass is 16.5. The average molecular weight is 397 g/mol. The smallest absolute Gasteiger partial charge is 0.273 e. The van der Waals surface area contributed by atoms with Gasteiger partial charge in [-0.1, -0.05) is 50.1 Å². The van der Waals surface area contributed by atoms with Gasteiger partial charge in [-0.15, -0.1) is 0 Å². The van der Waals surface area contributed by atoms with Crippen LogP contribution in [0.3, 0.4) is 0 Å². The maximum Gasteiger partial charge on any atom is 0.273 e. The van der Waals surface area contributed by atoms with E-state index in [9.17, 15) is 14.4 Å². The largest absolute Gasteiger partial charge is 0.493 e. The first-order valence-corrected chi connectivity index (χ1v) is 9.76. The number of benzene rings is 2. The van der Waals surface area contributed by atoms with Crippen molar-refractivity contribution < 1.29 is 19.1 Å². The van der Waals surface area contributed by atoms with Gasteiger partial charge < -0.3 is 10.1 Å². The minimum atomic E-state index is -0.474. The van der Waals surface area contributed by atoms with Crippen LogP contribution in [0.5, 0.6) is 5.75 Å². The Balaban J connectivity index is 1.75. The number of para-hydroxylation sites is 2. The molecule has 2 rings (SSSR count). The SMILES string of the molecule is CCCCCOc1ccccc1C(=O)NNC(=O)CCC(=O)Nc1ccccc1. The molecule has 3 N–H and O–H groups in total. The Kier molecular flexibility index (Phi) is 9.21. The second kappa shape index (κ2) is 12.2. The summed E-state index contributed by atoms with van der Waals surface area (Å²) in [4.78, 5) is 36.2. The highest BCUT2D eigenvalue weighted by Gasteiger charge is 2.13. The zero-order chi connectivity index (χ0) is 20.9. The molecule has 0 unspecified atom stereocenters. The summed E-state index contributed by atoms with van der Waals surface area (Å²) in [5.74, 6) is -0.734. The van der Waals surface area contributed by atoms with Crippen molar-refractivity contribution in [3.8, 4) is 5.75 Å². The molecular formula is C22H27N3O4. The zero-order valence-electron chi connectivity index (χ0n) is 16.6. The summed E-state index contributed by atoms with van der Waals surface area (Å²) in [6.45, 7) is 2.64. The van der Waals surface area contributed by atoms with E-state index >= 15 is 0 Å². The molecule has 0 heterocycles. The molecule has 0 aromatic heterocycles. The summed E-state index contributed by atoms with van der Waals surface area (Å²) in [7, 11) is 0. The molecule has 0 aliphatic carbocycles. The number of unbranched alkanes of at least 4 members (excludes halogenated alkanes) is 2. The third kappa shape index (κ3) is 8.04. The van der Waals surface area contributed by atoms with Crippen molar-refractivity contribution in [1.82, 2.24) is 10.9 Å². The van der Waals surface area contributed by atoms with Crippen LogP contribution < -0.4 is 20.9 Å². The van der Waals surface area contributed by atoms with Crippen LogP contribution in [0, 0.1) is 0 Å². The minimum absolute atomic E-state index is 0.00766. The number of ether oxygens (including phenoxy) is 1. The molecule has 2 aromatic carbocycles. The van der Waals surface area contributed by atoms with Gasteiger partial charge in [0.1, 0.15) is 5.75 Å². The number of rotatable bonds is 10. The number of hydrogen-bond donors (Lipinski definition) is 3. The summed E-state index contributed by atoms with van der Waals surface area (Å²) in [6.07, 6.45) is 3.01. The van der Waals surface area contributed by atoms with Gasteiger partial charge in [-0.25, -0.2) is 0 Å². The summed E-state index contributed by atoms with van der Waals surface area (Å²) in [5.41, 5.74) is 5.70. The van der Waals surface area contributed by atoms with Crippen LogP contribution in [-0.2, 0) is 9.59 Å². The van der Waals surface area contributed by atoms with Crippen LogP contribution in [0.2, 0.25) is 0 Å². The van der Waals surface area contributed by atoms with Crippen molar-refractivity contribution in [3.05, 3.63) is 60.2 Å². The summed E-state index contributed by atoms with van der Waals surface area (Å²) in [5, 5.41) is 2.70. The number of nitrogens with one attached hydrogen (secondary N) is 3. The van der Waals surface area contributed by atoms with Gasteiger partial charge in [0.2, 0.25) is 11.8 Å². The van der Waals surface area contributed by atoms with Crippen LogP contribution in [0.15, 0.2) is 54.6 Å². The molecule has 0 aliphatic rings. The lowest BCUT2D eigenvalue weighted by Gasteiger charge is -2.12. The Morgan fingerprint density at radius 2 is 1.52 bits per heavy atom. The van der Waals surface area contributed by atoms with E-state index in [0.29, 0.717) is 23.6 Å². The van der Waals surface area contributed by atoms with E-state index in [-0.39, 0.29) is 18.7 Å². The first-order chi connectivity index (χ1) is 14.1. The highest BCUT2D eigenvalue weighted by molar-refractivity contribution is 5.98. The second-order valence-corrected chi connectivity index (χ2v) is 6.47. The highest BCUT2D eigenvalue weighted by Crippen LogP contribution is 2.18. The van der Waals surface area contributed by atoms with Gasteiger partial charge in [0.15, 0.2) is 0 Å². The number of hydrogen-bond acceptors (Lipinski definition) is 4. The van der Waals surface area contributed by atoms with Gasteiger partial charge >= 0.3 is 0 Å². The van der Waals surface area contributed by atoms with Crippen molar-refractivity contribution in [2.24, 2.45) is 0 Å². The van der Waals surface area contributed by atoms with E-state index in [2.05, 4.69) is 23.1 Å². The first-order valence-electron chi connectivity index (χ1n) is 9.76. The number of hydrazine groups is 1. The van der Waals surface area contributed by atoms with Gasteiger partial charge in [-0.05, 0) is 30.7 Å². The molecule has 0 bridgehead atoms. The number of amides is 3. The van der Waals surface area contributed by atoms with E-state index in [1.54, 1.807) is 36.4 Å². The summed E-state index contributed by atoms with van der Waals surface area (Å²) in [6, 6.07) is 15.9. The number of carbonyl (C=O) groups excluding carboxylic acids is 3. The number of anilines is 1. The van der Waals surface area contributed by atoms with Crippen LogP contribution in [0.4, 0.5) is 5.69 Å². The van der Waals surface area contributed by atoms with E-state index in [1.165, 1.54) is 0 Å². The average Bonchev–Trinajstić information content (AvgIpc) is 2.74. The quantitative estimate of drug-likeness (QED) is 0.423. The Morgan fingerprint density at radius 1 is 0.828 bits per heavy atom. The molecule has 0 saturated carbocycles. The monoisotopic (exact) mass is 397 g/mol. The maximum atomic E-state index is 12.4. The normalized spacial score (nSPS) is 10.1. The van der Waals surface area contributed by atoms with E-state index < -0.39 is 11.8 Å². The lowest BCUT2D eigenvalue weighted by atomic mass is 10.2. The van der Waals surface area contributed by atoms with Crippen molar-refractivity contribution in [2.75, 3.05) is 11.9 Å². The lowest BCUT2D eigenvalue weighted by Crippen LogP contribution is -2.42. The van der Waals surface area contributed by atoms with Crippen LogP contribution in [-0.4, -0.2) is 24.3 Å². The molecule has 2 aromatic rings. The standard InChI is InChI=1S/C22H27N3O4/c1-2-3-9-16-29-19-13-8-7-12-18(19)22(28)25-24-21(27)15-14-20(26)23-17-10-5-4-6-11-17/h4-8,10-13H,2-3,9,14-16H2,1H3,(H,23,26)(H,24,27)(H,25,28).